The summed E-state index contributed by atoms with van der Waals surface area (Å²) in [5, 5.41) is 2.04. The average Bonchev–Trinajstić information content (AvgIpc) is 3.23. The highest BCUT2D eigenvalue weighted by molar-refractivity contribution is 6.99. The molecule has 0 unspecified atom stereocenters. The van der Waals surface area contributed by atoms with E-state index in [1.54, 1.807) is 7.11 Å². The van der Waals surface area contributed by atoms with Crippen molar-refractivity contribution in [2.75, 3.05) is 26.9 Å². The highest BCUT2D eigenvalue weighted by Gasteiger charge is 2.57. The van der Waals surface area contributed by atoms with Crippen molar-refractivity contribution in [1.29, 1.82) is 0 Å². The summed E-state index contributed by atoms with van der Waals surface area (Å²) >= 11 is 0. The predicted octanol–water partition coefficient (Wildman–Crippen LogP) is 8.85. The van der Waals surface area contributed by atoms with Crippen LogP contribution in [0.1, 0.15) is 104 Å². The van der Waals surface area contributed by atoms with Gasteiger partial charge in [-0.15, -0.1) is 0 Å². The van der Waals surface area contributed by atoms with Gasteiger partial charge >= 0.3 is 11.9 Å². The summed E-state index contributed by atoms with van der Waals surface area (Å²) in [5.41, 5.74) is 0.0962. The van der Waals surface area contributed by atoms with E-state index in [-0.39, 0.29) is 37.2 Å². The minimum Gasteiger partial charge on any atom is -0.497 e. The molecule has 2 saturated heterocycles. The van der Waals surface area contributed by atoms with Crippen molar-refractivity contribution in [3.63, 3.8) is 0 Å². The monoisotopic (exact) mass is 814 g/mol. The second-order valence-corrected chi connectivity index (χ2v) is 21.3. The Labute approximate surface area is 347 Å². The third kappa shape index (κ3) is 11.3. The lowest BCUT2D eigenvalue weighted by Gasteiger charge is -2.54. The zero-order valence-corrected chi connectivity index (χ0v) is 36.7. The van der Waals surface area contributed by atoms with Gasteiger partial charge in [0.05, 0.1) is 39.3 Å². The van der Waals surface area contributed by atoms with E-state index in [2.05, 4.69) is 89.7 Å². The summed E-state index contributed by atoms with van der Waals surface area (Å²) in [6, 6.07) is 29.0. The predicted molar refractivity (Wildman–Crippen MR) is 230 cm³/mol. The lowest BCUT2D eigenvalue weighted by atomic mass is 9.78. The molecule has 0 amide bonds. The van der Waals surface area contributed by atoms with E-state index in [9.17, 15) is 9.59 Å². The molecule has 3 aromatic carbocycles. The first-order chi connectivity index (χ1) is 27.9. The number of benzene rings is 3. The van der Waals surface area contributed by atoms with E-state index < -0.39 is 37.7 Å². The first kappa shape index (κ1) is 45.3. The summed E-state index contributed by atoms with van der Waals surface area (Å²) in [6.07, 6.45) is 6.46. The normalized spacial score (nSPS) is 23.6. The number of carbonyl (C=O) groups excluding carboxylic acids is 2. The number of carbonyl (C=O) groups is 2. The molecule has 0 N–H and O–H groups in total. The van der Waals surface area contributed by atoms with Crippen LogP contribution >= 0.6 is 0 Å². The van der Waals surface area contributed by atoms with Crippen LogP contribution < -0.4 is 15.1 Å². The first-order valence-electron chi connectivity index (χ1n) is 21.2. The first-order valence-corrected chi connectivity index (χ1v) is 23.1. The molecule has 0 saturated carbocycles. The molecule has 2 aliphatic rings. The Morgan fingerprint density at radius 3 is 2.16 bits per heavy atom. The van der Waals surface area contributed by atoms with Crippen molar-refractivity contribution in [3.05, 3.63) is 103 Å². The van der Waals surface area contributed by atoms with E-state index in [1.165, 1.54) is 6.08 Å². The summed E-state index contributed by atoms with van der Waals surface area (Å²) in [7, 11) is -1.34. The van der Waals surface area contributed by atoms with E-state index in [0.29, 0.717) is 38.4 Å². The van der Waals surface area contributed by atoms with Crippen LogP contribution in [0.25, 0.3) is 0 Å². The molecule has 10 heteroatoms. The van der Waals surface area contributed by atoms with Crippen molar-refractivity contribution in [2.24, 2.45) is 5.92 Å². The van der Waals surface area contributed by atoms with Gasteiger partial charge in [0.15, 0.2) is 5.79 Å². The number of rotatable bonds is 20. The van der Waals surface area contributed by atoms with Crippen LogP contribution in [-0.4, -0.2) is 70.8 Å². The van der Waals surface area contributed by atoms with Crippen LogP contribution in [0.5, 0.6) is 5.75 Å². The van der Waals surface area contributed by atoms with Crippen molar-refractivity contribution in [1.82, 2.24) is 0 Å². The zero-order valence-electron chi connectivity index (χ0n) is 35.7. The third-order valence-electron chi connectivity index (χ3n) is 11.9. The van der Waals surface area contributed by atoms with Gasteiger partial charge in [-0.1, -0.05) is 126 Å². The maximum atomic E-state index is 13.8. The number of hydrogen-bond acceptors (Lipinski definition) is 9. The molecule has 3 aromatic rings. The number of esters is 2. The van der Waals surface area contributed by atoms with Crippen molar-refractivity contribution < 1.29 is 42.4 Å². The average molecular weight is 815 g/mol. The fourth-order valence-corrected chi connectivity index (χ4v) is 13.1. The molecule has 2 aliphatic heterocycles. The molecule has 2 fully saturated rings. The quantitative estimate of drug-likeness (QED) is 0.0480. The number of hydrogen-bond donors (Lipinski definition) is 0. The van der Waals surface area contributed by atoms with Gasteiger partial charge in [0, 0.05) is 19.4 Å². The van der Waals surface area contributed by atoms with Crippen LogP contribution in [0.2, 0.25) is 5.04 Å². The van der Waals surface area contributed by atoms with E-state index in [4.69, 9.17) is 32.8 Å². The largest absolute Gasteiger partial charge is 0.497 e. The molecule has 0 aromatic heterocycles. The topological polar surface area (TPSA) is 98.8 Å². The molecule has 1 spiro atoms. The Kier molecular flexibility index (Phi) is 16.3. The van der Waals surface area contributed by atoms with Crippen molar-refractivity contribution in [2.45, 2.75) is 134 Å². The van der Waals surface area contributed by atoms with Gasteiger partial charge in [-0.25, -0.2) is 0 Å². The maximum absolute atomic E-state index is 13.8. The number of unbranched alkanes of at least 4 members (excludes halogenated alkanes) is 1. The Morgan fingerprint density at radius 1 is 0.897 bits per heavy atom. The third-order valence-corrected chi connectivity index (χ3v) is 16.9. The molecule has 9 nitrogen and oxygen atoms in total. The van der Waals surface area contributed by atoms with E-state index >= 15 is 0 Å². The van der Waals surface area contributed by atoms with Gasteiger partial charge in [-0.2, -0.15) is 0 Å². The Morgan fingerprint density at radius 2 is 1.55 bits per heavy atom. The highest BCUT2D eigenvalue weighted by atomic mass is 28.4. The maximum Gasteiger partial charge on any atom is 0.307 e. The smallest absolute Gasteiger partial charge is 0.307 e. The standard InChI is InChI=1S/C48H66O9Si/c1-8-10-29-47(57-45(50)26-25-44(49)53-33-9-2)31-32-48(30-27-37(3)42(55-48)28-34-52-35-38-21-23-39(51-7)24-22-38)56-43(47)36-54-58(46(4,5)6,40-17-13-11-14-18-40)41-19-15-12-16-20-41/h9,11-24,37,42-43H,2,8,10,25-36H2,1,3-7H3/t37-,42+,43-,47+,48-/m0/s1. The van der Waals surface area contributed by atoms with Crippen LogP contribution in [0.15, 0.2) is 97.6 Å². The minimum absolute atomic E-state index is 0.0739. The van der Waals surface area contributed by atoms with Gasteiger partial charge in [0.2, 0.25) is 0 Å². The molecule has 5 rings (SSSR count). The SMILES string of the molecule is C=CCOC(=O)CCC(=O)O[C@]1(CCCC)CC[C@]2(CC[C@H](C)[C@@H](CCOCc3ccc(OC)cc3)O2)O[C@H]1CO[Si](c1ccccc1)(c1ccccc1)C(C)(C)C. The number of ether oxygens (including phenoxy) is 6. The van der Waals surface area contributed by atoms with Crippen LogP contribution in [0.3, 0.4) is 0 Å². The highest BCUT2D eigenvalue weighted by Crippen LogP contribution is 2.48. The summed E-state index contributed by atoms with van der Waals surface area (Å²) in [4.78, 5) is 26.2. The molecular formula is C48H66O9Si. The molecule has 58 heavy (non-hydrogen) atoms. The molecule has 5 atom stereocenters. The van der Waals surface area contributed by atoms with E-state index in [1.807, 2.05) is 36.4 Å². The molecule has 316 valence electrons. The number of methoxy groups -OCH3 is 1. The summed E-state index contributed by atoms with van der Waals surface area (Å²) < 4.78 is 45.1. The Balaban J connectivity index is 1.44. The van der Waals surface area contributed by atoms with Gasteiger partial charge < -0.3 is 32.8 Å². The van der Waals surface area contributed by atoms with Gasteiger partial charge in [0.25, 0.3) is 8.32 Å². The lowest BCUT2D eigenvalue weighted by Crippen LogP contribution is -2.69. The van der Waals surface area contributed by atoms with Crippen LogP contribution in [-0.2, 0) is 44.3 Å². The van der Waals surface area contributed by atoms with Crippen LogP contribution in [0, 0.1) is 5.92 Å². The molecule has 0 radical (unpaired) electrons. The second kappa shape index (κ2) is 20.9. The lowest BCUT2D eigenvalue weighted by molar-refractivity contribution is -0.357. The second-order valence-electron chi connectivity index (χ2n) is 17.0. The summed E-state index contributed by atoms with van der Waals surface area (Å²) in [5.74, 6) is -0.654. The Bertz CT molecular complexity index is 1690. The van der Waals surface area contributed by atoms with Gasteiger partial charge in [-0.05, 0) is 71.1 Å². The minimum atomic E-state index is -3.00. The van der Waals surface area contributed by atoms with Gasteiger partial charge in [0.1, 0.15) is 24.1 Å². The molecule has 0 aliphatic carbocycles. The summed E-state index contributed by atoms with van der Waals surface area (Å²) in [6.45, 7) is 16.1. The van der Waals surface area contributed by atoms with Gasteiger partial charge in [-0.3, -0.25) is 9.59 Å². The zero-order chi connectivity index (χ0) is 41.7. The molecule has 0 bridgehead atoms. The van der Waals surface area contributed by atoms with E-state index in [0.717, 1.165) is 53.8 Å². The fraction of sp³-hybridized carbons (Fsp3) is 0.542. The van der Waals surface area contributed by atoms with Crippen molar-refractivity contribution in [3.8, 4) is 5.75 Å². The molecule has 2 heterocycles. The Hall–Kier alpha value is -3.80. The van der Waals surface area contributed by atoms with Crippen molar-refractivity contribution >= 4 is 30.6 Å². The van der Waals surface area contributed by atoms with Crippen LogP contribution in [0.4, 0.5) is 0 Å². The molecular weight excluding hydrogens is 749 g/mol. The fourth-order valence-electron chi connectivity index (χ4n) is 8.58.